The summed E-state index contributed by atoms with van der Waals surface area (Å²) in [6.45, 7) is 4.45. The van der Waals surface area contributed by atoms with Gasteiger partial charge in [0.25, 0.3) is 0 Å². The van der Waals surface area contributed by atoms with Gasteiger partial charge < -0.3 is 5.73 Å². The molecule has 0 fully saturated rings. The molecule has 116 valence electrons. The summed E-state index contributed by atoms with van der Waals surface area (Å²) >= 11 is 0. The van der Waals surface area contributed by atoms with Crippen molar-refractivity contribution in [1.29, 1.82) is 0 Å². The van der Waals surface area contributed by atoms with E-state index in [-0.39, 0.29) is 23.9 Å². The fraction of sp³-hybridized carbons (Fsp3) is 0.571. The molecule has 0 aromatic heterocycles. The van der Waals surface area contributed by atoms with Crippen molar-refractivity contribution in [3.05, 3.63) is 35.9 Å². The highest BCUT2D eigenvalue weighted by Crippen LogP contribution is 2.05. The van der Waals surface area contributed by atoms with Crippen molar-refractivity contribution in [2.45, 2.75) is 19.9 Å². The summed E-state index contributed by atoms with van der Waals surface area (Å²) in [6, 6.07) is 10.0. The van der Waals surface area contributed by atoms with Gasteiger partial charge in [0.1, 0.15) is 0 Å². The third-order valence-corrected chi connectivity index (χ3v) is 4.76. The molecule has 20 heavy (non-hydrogen) atoms. The third-order valence-electron chi connectivity index (χ3n) is 2.93. The summed E-state index contributed by atoms with van der Waals surface area (Å²) in [5.74, 6) is 0.489. The molecule has 0 atom stereocenters. The Morgan fingerprint density at radius 2 is 1.75 bits per heavy atom. The molecule has 1 aromatic carbocycles. The van der Waals surface area contributed by atoms with Crippen LogP contribution in [0.2, 0.25) is 0 Å². The van der Waals surface area contributed by atoms with E-state index in [2.05, 4.69) is 4.90 Å². The topological polar surface area (TPSA) is 63.4 Å². The van der Waals surface area contributed by atoms with E-state index in [9.17, 15) is 8.42 Å². The molecular formula is C14H25ClN2O2S. The number of nitrogens with zero attached hydrogens (tertiary/aromatic N) is 1. The molecule has 0 aliphatic heterocycles. The number of sulfone groups is 1. The van der Waals surface area contributed by atoms with Gasteiger partial charge in [0.2, 0.25) is 0 Å². The number of hydrogen-bond acceptors (Lipinski definition) is 4. The number of rotatable bonds is 9. The summed E-state index contributed by atoms with van der Waals surface area (Å²) in [7, 11) is -2.92. The van der Waals surface area contributed by atoms with Gasteiger partial charge in [-0.15, -0.1) is 12.4 Å². The molecular weight excluding hydrogens is 296 g/mol. The lowest BCUT2D eigenvalue weighted by Crippen LogP contribution is -2.33. The van der Waals surface area contributed by atoms with Gasteiger partial charge in [-0.05, 0) is 12.0 Å². The van der Waals surface area contributed by atoms with E-state index in [1.165, 1.54) is 5.56 Å². The van der Waals surface area contributed by atoms with Crippen LogP contribution in [0.1, 0.15) is 18.9 Å². The maximum Gasteiger partial charge on any atom is 0.151 e. The van der Waals surface area contributed by atoms with Crippen LogP contribution >= 0.6 is 12.4 Å². The summed E-state index contributed by atoms with van der Waals surface area (Å²) < 4.78 is 23.5. The highest BCUT2D eigenvalue weighted by Gasteiger charge is 2.12. The molecule has 4 nitrogen and oxygen atoms in total. The molecule has 0 amide bonds. The largest absolute Gasteiger partial charge is 0.329 e. The molecule has 0 aliphatic rings. The van der Waals surface area contributed by atoms with E-state index < -0.39 is 9.84 Å². The first kappa shape index (κ1) is 19.4. The molecule has 0 radical (unpaired) electrons. The van der Waals surface area contributed by atoms with Gasteiger partial charge in [-0.1, -0.05) is 37.3 Å². The van der Waals surface area contributed by atoms with Crippen molar-refractivity contribution in [2.75, 3.05) is 31.1 Å². The second kappa shape index (κ2) is 10.2. The molecule has 0 spiro atoms. The number of halogens is 1. The molecule has 0 saturated carbocycles. The minimum absolute atomic E-state index is 0. The van der Waals surface area contributed by atoms with Crippen LogP contribution in [0, 0.1) is 0 Å². The van der Waals surface area contributed by atoms with Crippen molar-refractivity contribution < 1.29 is 8.42 Å². The maximum atomic E-state index is 11.7. The molecule has 0 heterocycles. The van der Waals surface area contributed by atoms with E-state index >= 15 is 0 Å². The van der Waals surface area contributed by atoms with Crippen LogP contribution in [0.15, 0.2) is 30.3 Å². The predicted molar refractivity (Wildman–Crippen MR) is 87.0 cm³/mol. The van der Waals surface area contributed by atoms with Crippen LogP contribution in [0.4, 0.5) is 0 Å². The van der Waals surface area contributed by atoms with Gasteiger partial charge in [0.05, 0.1) is 5.75 Å². The zero-order valence-electron chi connectivity index (χ0n) is 12.0. The Morgan fingerprint density at radius 1 is 1.10 bits per heavy atom. The van der Waals surface area contributed by atoms with Crippen molar-refractivity contribution in [1.82, 2.24) is 4.90 Å². The number of hydrogen-bond donors (Lipinski definition) is 1. The average molecular weight is 321 g/mol. The first-order chi connectivity index (χ1) is 9.07. The quantitative estimate of drug-likeness (QED) is 0.752. The number of benzene rings is 1. The van der Waals surface area contributed by atoms with E-state index in [1.807, 2.05) is 37.3 Å². The van der Waals surface area contributed by atoms with E-state index in [4.69, 9.17) is 5.73 Å². The molecule has 2 N–H and O–H groups in total. The summed E-state index contributed by atoms with van der Waals surface area (Å²) in [5.41, 5.74) is 6.77. The fourth-order valence-corrected chi connectivity index (χ4v) is 3.34. The van der Waals surface area contributed by atoms with E-state index in [1.54, 1.807) is 0 Å². The first-order valence-electron chi connectivity index (χ1n) is 6.74. The zero-order valence-corrected chi connectivity index (χ0v) is 13.6. The molecule has 0 unspecified atom stereocenters. The summed E-state index contributed by atoms with van der Waals surface area (Å²) in [6.07, 6.45) is 0.678. The summed E-state index contributed by atoms with van der Waals surface area (Å²) in [5, 5.41) is 0. The van der Waals surface area contributed by atoms with Crippen molar-refractivity contribution in [2.24, 2.45) is 5.73 Å². The lowest BCUT2D eigenvalue weighted by atomic mass is 10.2. The molecule has 6 heteroatoms. The predicted octanol–water partition coefficient (Wildman–Crippen LogP) is 1.69. The van der Waals surface area contributed by atoms with Crippen molar-refractivity contribution in [3.63, 3.8) is 0 Å². The van der Waals surface area contributed by atoms with Gasteiger partial charge in [0.15, 0.2) is 9.84 Å². The van der Waals surface area contributed by atoms with Crippen LogP contribution in [-0.2, 0) is 16.4 Å². The van der Waals surface area contributed by atoms with Gasteiger partial charge >= 0.3 is 0 Å². The Bertz CT molecular complexity index is 452. The van der Waals surface area contributed by atoms with Gasteiger partial charge in [-0.2, -0.15) is 0 Å². The van der Waals surface area contributed by atoms with Crippen molar-refractivity contribution >= 4 is 22.2 Å². The highest BCUT2D eigenvalue weighted by molar-refractivity contribution is 7.91. The van der Waals surface area contributed by atoms with Gasteiger partial charge in [-0.25, -0.2) is 8.42 Å². The Morgan fingerprint density at radius 3 is 2.30 bits per heavy atom. The van der Waals surface area contributed by atoms with Crippen LogP contribution in [-0.4, -0.2) is 44.5 Å². The van der Waals surface area contributed by atoms with Crippen LogP contribution in [0.5, 0.6) is 0 Å². The minimum Gasteiger partial charge on any atom is -0.329 e. The first-order valence-corrected chi connectivity index (χ1v) is 8.56. The van der Waals surface area contributed by atoms with Gasteiger partial charge in [0, 0.05) is 31.9 Å². The van der Waals surface area contributed by atoms with Crippen LogP contribution < -0.4 is 5.73 Å². The number of nitrogens with two attached hydrogens (primary N) is 1. The molecule has 0 bridgehead atoms. The Kier molecular flexibility index (Phi) is 9.84. The molecule has 1 aromatic rings. The normalized spacial score (nSPS) is 11.3. The molecule has 1 rings (SSSR count). The lowest BCUT2D eigenvalue weighted by Gasteiger charge is -2.21. The second-order valence-corrected chi connectivity index (χ2v) is 7.01. The van der Waals surface area contributed by atoms with Crippen LogP contribution in [0.3, 0.4) is 0 Å². The molecule has 0 saturated heterocycles. The monoisotopic (exact) mass is 320 g/mol. The maximum absolute atomic E-state index is 11.7. The SMILES string of the molecule is CCCS(=O)(=O)CCN(CCN)Cc1ccccc1.Cl. The molecule has 0 aliphatic carbocycles. The Labute approximate surface area is 128 Å². The average Bonchev–Trinajstić information content (AvgIpc) is 2.37. The smallest absolute Gasteiger partial charge is 0.151 e. The van der Waals surface area contributed by atoms with Crippen LogP contribution in [0.25, 0.3) is 0 Å². The second-order valence-electron chi connectivity index (χ2n) is 4.70. The van der Waals surface area contributed by atoms with E-state index in [0.717, 1.165) is 13.1 Å². The van der Waals surface area contributed by atoms with Crippen molar-refractivity contribution in [3.8, 4) is 0 Å². The van der Waals surface area contributed by atoms with E-state index in [0.29, 0.717) is 19.5 Å². The Hall–Kier alpha value is -0.620. The Balaban J connectivity index is 0.00000361. The van der Waals surface area contributed by atoms with Gasteiger partial charge in [-0.3, -0.25) is 4.90 Å². The lowest BCUT2D eigenvalue weighted by molar-refractivity contribution is 0.289. The minimum atomic E-state index is -2.92. The fourth-order valence-electron chi connectivity index (χ4n) is 1.98. The third kappa shape index (κ3) is 7.85. The zero-order chi connectivity index (χ0) is 14.1. The summed E-state index contributed by atoms with van der Waals surface area (Å²) in [4.78, 5) is 2.10. The standard InChI is InChI=1S/C14H24N2O2S.ClH/c1-2-11-19(17,18)12-10-16(9-8-15)13-14-6-4-3-5-7-14;/h3-7H,2,8-13,15H2,1H3;1H. The highest BCUT2D eigenvalue weighted by atomic mass is 35.5.